The molecule has 0 amide bonds. The third-order valence-electron chi connectivity index (χ3n) is 5.29. The number of hydrogen-bond donors (Lipinski definition) is 2. The first kappa shape index (κ1) is 21.5. The predicted octanol–water partition coefficient (Wildman–Crippen LogP) is 3.06. The van der Waals surface area contributed by atoms with Crippen LogP contribution in [0.5, 0.6) is 0 Å². The van der Waals surface area contributed by atoms with Crippen molar-refractivity contribution in [1.82, 2.24) is 25.3 Å². The van der Waals surface area contributed by atoms with E-state index in [1.54, 1.807) is 6.20 Å². The van der Waals surface area contributed by atoms with E-state index < -0.39 is 0 Å². The molecule has 0 bridgehead atoms. The van der Waals surface area contributed by atoms with Gasteiger partial charge < -0.3 is 15.4 Å². The van der Waals surface area contributed by atoms with E-state index in [9.17, 15) is 0 Å². The smallest absolute Gasteiger partial charge is 0.191 e. The number of nitrogens with one attached hydrogen (secondary N) is 2. The number of rotatable bonds is 8. The van der Waals surface area contributed by atoms with Gasteiger partial charge in [-0.1, -0.05) is 18.2 Å². The summed E-state index contributed by atoms with van der Waals surface area (Å²) in [4.78, 5) is 8.68. The van der Waals surface area contributed by atoms with Crippen LogP contribution in [-0.2, 0) is 11.3 Å². The molecule has 4 rings (SSSR count). The minimum atomic E-state index is 0.320. The highest BCUT2D eigenvalue weighted by Crippen LogP contribution is 2.25. The number of aromatic nitrogens is 2. The topological polar surface area (TPSA) is 66.7 Å². The fraction of sp³-hybridized carbons (Fsp3) is 0.391. The van der Waals surface area contributed by atoms with Crippen molar-refractivity contribution in [1.29, 1.82) is 0 Å². The Hall–Kier alpha value is -2.68. The Morgan fingerprint density at radius 3 is 2.68 bits per heavy atom. The lowest BCUT2D eigenvalue weighted by Gasteiger charge is -2.34. The molecule has 1 fully saturated rings. The van der Waals surface area contributed by atoms with Crippen molar-refractivity contribution < 1.29 is 4.74 Å². The third-order valence-corrected chi connectivity index (χ3v) is 6.26. The molecule has 164 valence electrons. The van der Waals surface area contributed by atoms with Crippen LogP contribution in [0.2, 0.25) is 0 Å². The van der Waals surface area contributed by atoms with Crippen LogP contribution in [0.1, 0.15) is 23.4 Å². The van der Waals surface area contributed by atoms with Gasteiger partial charge in [0.2, 0.25) is 0 Å². The lowest BCUT2D eigenvalue weighted by Crippen LogP contribution is -2.46. The molecule has 1 unspecified atom stereocenters. The Kier molecular flexibility index (Phi) is 7.71. The molecule has 7 nitrogen and oxygen atoms in total. The highest BCUT2D eigenvalue weighted by molar-refractivity contribution is 7.10. The number of thiophene rings is 1. The Balaban J connectivity index is 1.39. The number of aliphatic imine (C=N–C) groups is 1. The lowest BCUT2D eigenvalue weighted by molar-refractivity contribution is 0.0177. The Morgan fingerprint density at radius 2 is 2.00 bits per heavy atom. The molecule has 1 aliphatic heterocycles. The summed E-state index contributed by atoms with van der Waals surface area (Å²) in [6.45, 7) is 7.86. The first-order valence-corrected chi connectivity index (χ1v) is 11.7. The van der Waals surface area contributed by atoms with Crippen LogP contribution in [0.3, 0.4) is 0 Å². The number of hydrogen-bond acceptors (Lipinski definition) is 5. The Bertz CT molecular complexity index is 918. The average molecular weight is 439 g/mol. The maximum atomic E-state index is 5.55. The minimum absolute atomic E-state index is 0.320. The normalized spacial score (nSPS) is 16.2. The molecular formula is C23H30N6OS. The fourth-order valence-corrected chi connectivity index (χ4v) is 4.52. The zero-order valence-corrected chi connectivity index (χ0v) is 18.7. The van der Waals surface area contributed by atoms with E-state index in [1.165, 1.54) is 4.88 Å². The van der Waals surface area contributed by atoms with Crippen molar-refractivity contribution >= 4 is 17.3 Å². The molecular weight excluding hydrogens is 408 g/mol. The molecule has 0 saturated carbocycles. The quantitative estimate of drug-likeness (QED) is 0.418. The van der Waals surface area contributed by atoms with E-state index in [-0.39, 0.29) is 0 Å². The molecule has 1 atom stereocenters. The summed E-state index contributed by atoms with van der Waals surface area (Å²) in [6.07, 6.45) is 3.73. The second kappa shape index (κ2) is 11.1. The molecule has 0 aliphatic carbocycles. The zero-order chi connectivity index (χ0) is 21.3. The molecule has 1 saturated heterocycles. The summed E-state index contributed by atoms with van der Waals surface area (Å²) >= 11 is 1.81. The summed E-state index contributed by atoms with van der Waals surface area (Å²) in [5.74, 6) is 0.841. The van der Waals surface area contributed by atoms with Gasteiger partial charge in [0.1, 0.15) is 0 Å². The van der Waals surface area contributed by atoms with Crippen molar-refractivity contribution in [3.8, 4) is 5.69 Å². The van der Waals surface area contributed by atoms with Crippen LogP contribution in [-0.4, -0.2) is 60.0 Å². The predicted molar refractivity (Wildman–Crippen MR) is 126 cm³/mol. The first-order chi connectivity index (χ1) is 15.3. The van der Waals surface area contributed by atoms with Crippen molar-refractivity contribution in [2.75, 3.05) is 39.4 Å². The average Bonchev–Trinajstić information content (AvgIpc) is 3.53. The van der Waals surface area contributed by atoms with E-state index in [4.69, 9.17) is 9.73 Å². The number of ether oxygens (including phenoxy) is 1. The molecule has 3 heterocycles. The van der Waals surface area contributed by atoms with E-state index in [0.717, 1.165) is 56.6 Å². The SMILES string of the molecule is CCNC(=NCc1ccc(-n2cccn2)cc1)NCC(c1cccs1)N1CCOCC1. The van der Waals surface area contributed by atoms with Crippen molar-refractivity contribution in [2.45, 2.75) is 19.5 Å². The van der Waals surface area contributed by atoms with Crippen molar-refractivity contribution in [3.63, 3.8) is 0 Å². The molecule has 0 radical (unpaired) electrons. The van der Waals surface area contributed by atoms with Crippen LogP contribution in [0, 0.1) is 0 Å². The van der Waals surface area contributed by atoms with Crippen LogP contribution in [0.15, 0.2) is 65.2 Å². The summed E-state index contributed by atoms with van der Waals surface area (Å²) in [7, 11) is 0. The minimum Gasteiger partial charge on any atom is -0.379 e. The van der Waals surface area contributed by atoms with E-state index in [2.05, 4.69) is 69.3 Å². The van der Waals surface area contributed by atoms with Crippen molar-refractivity contribution in [2.24, 2.45) is 4.99 Å². The van der Waals surface area contributed by atoms with Gasteiger partial charge in [0.15, 0.2) is 5.96 Å². The second-order valence-electron chi connectivity index (χ2n) is 7.37. The summed E-state index contributed by atoms with van der Waals surface area (Å²) in [5, 5.41) is 13.4. The maximum absolute atomic E-state index is 5.55. The molecule has 2 aromatic heterocycles. The summed E-state index contributed by atoms with van der Waals surface area (Å²) in [5.41, 5.74) is 2.21. The fourth-order valence-electron chi connectivity index (χ4n) is 3.66. The van der Waals surface area contributed by atoms with Gasteiger partial charge in [-0.25, -0.2) is 9.67 Å². The van der Waals surface area contributed by atoms with Gasteiger partial charge >= 0.3 is 0 Å². The van der Waals surface area contributed by atoms with E-state index in [1.807, 2.05) is 28.3 Å². The number of benzene rings is 1. The molecule has 1 aliphatic rings. The third kappa shape index (κ3) is 5.94. The Labute approximate surface area is 187 Å². The monoisotopic (exact) mass is 438 g/mol. The van der Waals surface area contributed by atoms with Crippen LogP contribution in [0.4, 0.5) is 0 Å². The maximum Gasteiger partial charge on any atom is 0.191 e. The standard InChI is InChI=1S/C23H30N6OS/c1-2-24-23(25-17-19-6-8-20(9-7-19)29-11-4-10-27-29)26-18-21(22-5-3-16-31-22)28-12-14-30-15-13-28/h3-11,16,21H,2,12-15,17-18H2,1H3,(H2,24,25,26). The molecule has 3 aromatic rings. The van der Waals surface area contributed by atoms with E-state index in [0.29, 0.717) is 12.6 Å². The van der Waals surface area contributed by atoms with Gasteiger partial charge in [0, 0.05) is 43.4 Å². The summed E-state index contributed by atoms with van der Waals surface area (Å²) < 4.78 is 7.41. The van der Waals surface area contributed by atoms with Crippen LogP contribution >= 0.6 is 11.3 Å². The number of morpholine rings is 1. The number of guanidine groups is 1. The molecule has 8 heteroatoms. The van der Waals surface area contributed by atoms with Gasteiger partial charge in [-0.15, -0.1) is 11.3 Å². The molecule has 2 N–H and O–H groups in total. The van der Waals surface area contributed by atoms with Crippen LogP contribution < -0.4 is 10.6 Å². The van der Waals surface area contributed by atoms with Gasteiger partial charge in [0.05, 0.1) is 31.5 Å². The number of nitrogens with zero attached hydrogens (tertiary/aromatic N) is 4. The largest absolute Gasteiger partial charge is 0.379 e. The molecule has 0 spiro atoms. The van der Waals surface area contributed by atoms with Gasteiger partial charge in [-0.2, -0.15) is 5.10 Å². The highest BCUT2D eigenvalue weighted by Gasteiger charge is 2.23. The second-order valence-corrected chi connectivity index (χ2v) is 8.35. The lowest BCUT2D eigenvalue weighted by atomic mass is 10.2. The van der Waals surface area contributed by atoms with E-state index >= 15 is 0 Å². The summed E-state index contributed by atoms with van der Waals surface area (Å²) in [6, 6.07) is 14.9. The van der Waals surface area contributed by atoms with Crippen LogP contribution in [0.25, 0.3) is 5.69 Å². The molecule has 1 aromatic carbocycles. The van der Waals surface area contributed by atoms with Crippen molar-refractivity contribution in [3.05, 3.63) is 70.7 Å². The van der Waals surface area contributed by atoms with Gasteiger partial charge in [-0.3, -0.25) is 4.90 Å². The Morgan fingerprint density at radius 1 is 1.16 bits per heavy atom. The highest BCUT2D eigenvalue weighted by atomic mass is 32.1. The van der Waals surface area contributed by atoms with Gasteiger partial charge in [-0.05, 0) is 42.1 Å². The molecule has 31 heavy (non-hydrogen) atoms. The first-order valence-electron chi connectivity index (χ1n) is 10.8. The zero-order valence-electron chi connectivity index (χ0n) is 17.9. The van der Waals surface area contributed by atoms with Gasteiger partial charge in [0.25, 0.3) is 0 Å².